The zero-order valence-electron chi connectivity index (χ0n) is 16.0. The van der Waals surface area contributed by atoms with Crippen LogP contribution in [-0.2, 0) is 6.42 Å². The topological polar surface area (TPSA) is 110 Å². The molecule has 1 aliphatic rings. The van der Waals surface area contributed by atoms with Crippen molar-refractivity contribution in [2.75, 3.05) is 18.5 Å². The van der Waals surface area contributed by atoms with E-state index in [1.54, 1.807) is 16.8 Å². The highest BCUT2D eigenvalue weighted by Crippen LogP contribution is 2.37. The number of benzene rings is 1. The molecule has 2 aromatic rings. The molecular formula is C20H26N4O3. The van der Waals surface area contributed by atoms with Crippen molar-refractivity contribution < 1.29 is 14.7 Å². The highest BCUT2D eigenvalue weighted by molar-refractivity contribution is 6.00. The van der Waals surface area contributed by atoms with Crippen LogP contribution in [-0.4, -0.2) is 39.7 Å². The molecule has 0 bridgehead atoms. The minimum absolute atomic E-state index is 0.0572. The number of fused-ring (bicyclic) bond motifs is 1. The molecule has 144 valence electrons. The first kappa shape index (κ1) is 19.1. The predicted octanol–water partition coefficient (Wildman–Crippen LogP) is 2.23. The van der Waals surface area contributed by atoms with Gasteiger partial charge in [0.1, 0.15) is 0 Å². The number of aryl methyl sites for hydroxylation is 1. The Morgan fingerprint density at radius 3 is 2.78 bits per heavy atom. The van der Waals surface area contributed by atoms with Gasteiger partial charge in [0.25, 0.3) is 5.91 Å². The fourth-order valence-electron chi connectivity index (χ4n) is 3.68. The monoisotopic (exact) mass is 370 g/mol. The predicted molar refractivity (Wildman–Crippen MR) is 103 cm³/mol. The first-order valence-electron chi connectivity index (χ1n) is 9.14. The smallest absolute Gasteiger partial charge is 0.250 e. The lowest BCUT2D eigenvalue weighted by atomic mass is 9.75. The highest BCUT2D eigenvalue weighted by atomic mass is 16.3. The number of nitrogens with one attached hydrogen (secondary N) is 1. The molecule has 1 aliphatic carbocycles. The lowest BCUT2D eigenvalue weighted by molar-refractivity contribution is 0.0909. The lowest BCUT2D eigenvalue weighted by Crippen LogP contribution is -2.28. The number of primary amides is 1. The van der Waals surface area contributed by atoms with E-state index in [9.17, 15) is 9.59 Å². The maximum Gasteiger partial charge on any atom is 0.250 e. The number of amides is 1. The fourth-order valence-corrected chi connectivity index (χ4v) is 3.68. The molecule has 0 atom stereocenters. The van der Waals surface area contributed by atoms with Crippen molar-refractivity contribution in [2.24, 2.45) is 11.1 Å². The number of anilines is 1. The third-order valence-corrected chi connectivity index (χ3v) is 4.88. The summed E-state index contributed by atoms with van der Waals surface area (Å²) >= 11 is 0. The van der Waals surface area contributed by atoms with Crippen molar-refractivity contribution in [3.05, 3.63) is 40.7 Å². The molecule has 7 nitrogen and oxygen atoms in total. The van der Waals surface area contributed by atoms with Crippen LogP contribution in [0.2, 0.25) is 0 Å². The van der Waals surface area contributed by atoms with Crippen molar-refractivity contribution in [1.29, 1.82) is 0 Å². The van der Waals surface area contributed by atoms with Gasteiger partial charge in [0.2, 0.25) is 0 Å². The van der Waals surface area contributed by atoms with Gasteiger partial charge in [-0.2, -0.15) is 5.10 Å². The summed E-state index contributed by atoms with van der Waals surface area (Å²) in [5, 5.41) is 16.7. The number of aromatic nitrogens is 2. The van der Waals surface area contributed by atoms with Crippen LogP contribution in [0.5, 0.6) is 0 Å². The SMILES string of the molecule is Cc1nn(-c2ccc(C(N)=O)c(NCCCO)c2)c2c1C(=O)CC(C)(C)C2. The van der Waals surface area contributed by atoms with Crippen LogP contribution in [0.3, 0.4) is 0 Å². The summed E-state index contributed by atoms with van der Waals surface area (Å²) in [6, 6.07) is 5.27. The second kappa shape index (κ2) is 7.15. The molecule has 0 aliphatic heterocycles. The molecule has 3 rings (SSSR count). The minimum atomic E-state index is -0.525. The Labute approximate surface area is 158 Å². The van der Waals surface area contributed by atoms with Gasteiger partial charge in [0.05, 0.1) is 28.2 Å². The van der Waals surface area contributed by atoms with Crippen molar-refractivity contribution in [1.82, 2.24) is 9.78 Å². The van der Waals surface area contributed by atoms with Crippen molar-refractivity contribution in [3.63, 3.8) is 0 Å². The summed E-state index contributed by atoms with van der Waals surface area (Å²) in [5.74, 6) is -0.400. The minimum Gasteiger partial charge on any atom is -0.396 e. The summed E-state index contributed by atoms with van der Waals surface area (Å²) in [4.78, 5) is 24.3. The van der Waals surface area contributed by atoms with E-state index in [0.717, 1.165) is 23.5 Å². The molecule has 27 heavy (non-hydrogen) atoms. The zero-order chi connectivity index (χ0) is 19.8. The van der Waals surface area contributed by atoms with E-state index in [2.05, 4.69) is 24.3 Å². The molecule has 0 saturated heterocycles. The van der Waals surface area contributed by atoms with E-state index in [1.165, 1.54) is 0 Å². The van der Waals surface area contributed by atoms with Crippen molar-refractivity contribution >= 4 is 17.4 Å². The first-order chi connectivity index (χ1) is 12.7. The molecule has 1 aromatic carbocycles. The van der Waals surface area contributed by atoms with Gasteiger partial charge in [-0.25, -0.2) is 4.68 Å². The van der Waals surface area contributed by atoms with Gasteiger partial charge in [-0.3, -0.25) is 9.59 Å². The zero-order valence-corrected chi connectivity index (χ0v) is 16.0. The maximum absolute atomic E-state index is 12.6. The van der Waals surface area contributed by atoms with Crippen LogP contribution < -0.4 is 11.1 Å². The van der Waals surface area contributed by atoms with E-state index in [4.69, 9.17) is 10.8 Å². The second-order valence-corrected chi connectivity index (χ2v) is 7.86. The summed E-state index contributed by atoms with van der Waals surface area (Å²) in [6.07, 6.45) is 1.82. The summed E-state index contributed by atoms with van der Waals surface area (Å²) in [5.41, 5.74) is 9.44. The molecule has 0 unspecified atom stereocenters. The molecule has 0 spiro atoms. The number of hydrogen-bond donors (Lipinski definition) is 3. The van der Waals surface area contributed by atoms with Crippen molar-refractivity contribution in [2.45, 2.75) is 40.0 Å². The second-order valence-electron chi connectivity index (χ2n) is 7.86. The number of aliphatic hydroxyl groups excluding tert-OH is 1. The Morgan fingerprint density at radius 1 is 1.37 bits per heavy atom. The Bertz CT molecular complexity index is 899. The Hall–Kier alpha value is -2.67. The third-order valence-electron chi connectivity index (χ3n) is 4.88. The van der Waals surface area contributed by atoms with E-state index in [1.807, 2.05) is 13.0 Å². The molecule has 4 N–H and O–H groups in total. The molecule has 1 amide bonds. The van der Waals surface area contributed by atoms with Gasteiger partial charge in [-0.05, 0) is 43.4 Å². The van der Waals surface area contributed by atoms with Crippen LogP contribution in [0.25, 0.3) is 5.69 Å². The number of nitrogens with zero attached hydrogens (tertiary/aromatic N) is 2. The molecule has 7 heteroatoms. The number of carbonyl (C=O) groups is 2. The Morgan fingerprint density at radius 2 is 2.11 bits per heavy atom. The normalized spacial score (nSPS) is 15.5. The van der Waals surface area contributed by atoms with Gasteiger partial charge < -0.3 is 16.2 Å². The number of rotatable bonds is 6. The molecule has 1 heterocycles. The molecule has 1 aromatic heterocycles. The molecular weight excluding hydrogens is 344 g/mol. The standard InChI is InChI=1S/C20H26N4O3/c1-12-18-16(10-20(2,3)11-17(18)26)24(23-12)13-5-6-14(19(21)27)15(9-13)22-7-4-8-25/h5-6,9,22,25H,4,7-8,10-11H2,1-3H3,(H2,21,27). The van der Waals surface area contributed by atoms with E-state index in [0.29, 0.717) is 36.2 Å². The largest absolute Gasteiger partial charge is 0.396 e. The number of hydrogen-bond acceptors (Lipinski definition) is 5. The Kier molecular flexibility index (Phi) is 5.06. The van der Waals surface area contributed by atoms with Gasteiger partial charge in [-0.1, -0.05) is 13.8 Å². The summed E-state index contributed by atoms with van der Waals surface area (Å²) in [7, 11) is 0. The first-order valence-corrected chi connectivity index (χ1v) is 9.14. The van der Waals surface area contributed by atoms with Crippen LogP contribution >= 0.6 is 0 Å². The summed E-state index contributed by atoms with van der Waals surface area (Å²) < 4.78 is 1.80. The maximum atomic E-state index is 12.6. The Balaban J connectivity index is 2.07. The van der Waals surface area contributed by atoms with E-state index in [-0.39, 0.29) is 17.8 Å². The van der Waals surface area contributed by atoms with Crippen molar-refractivity contribution in [3.8, 4) is 5.69 Å². The van der Waals surface area contributed by atoms with Gasteiger partial charge in [-0.15, -0.1) is 0 Å². The number of ketones is 1. The average Bonchev–Trinajstić information content (AvgIpc) is 2.90. The molecule has 0 radical (unpaired) electrons. The van der Waals surface area contributed by atoms with Crippen LogP contribution in [0.15, 0.2) is 18.2 Å². The van der Waals surface area contributed by atoms with Gasteiger partial charge in [0.15, 0.2) is 5.78 Å². The van der Waals surface area contributed by atoms with E-state index < -0.39 is 5.91 Å². The highest BCUT2D eigenvalue weighted by Gasteiger charge is 2.35. The van der Waals surface area contributed by atoms with Crippen LogP contribution in [0.4, 0.5) is 5.69 Å². The number of Topliss-reactive ketones (excluding diaryl/α,β-unsaturated/α-hetero) is 1. The van der Waals surface area contributed by atoms with E-state index >= 15 is 0 Å². The lowest BCUT2D eigenvalue weighted by Gasteiger charge is -2.29. The van der Waals surface area contributed by atoms with Crippen LogP contribution in [0.1, 0.15) is 58.8 Å². The van der Waals surface area contributed by atoms with Gasteiger partial charge >= 0.3 is 0 Å². The fraction of sp³-hybridized carbons (Fsp3) is 0.450. The van der Waals surface area contributed by atoms with Crippen LogP contribution in [0, 0.1) is 12.3 Å². The molecule has 0 saturated carbocycles. The summed E-state index contributed by atoms with van der Waals surface area (Å²) in [6.45, 7) is 6.59. The average molecular weight is 370 g/mol. The number of aliphatic hydroxyl groups is 1. The number of carbonyl (C=O) groups excluding carboxylic acids is 2. The third kappa shape index (κ3) is 3.73. The quantitative estimate of drug-likeness (QED) is 0.676. The van der Waals surface area contributed by atoms with Gasteiger partial charge in [0, 0.05) is 25.3 Å². The molecule has 0 fully saturated rings. The number of nitrogens with two attached hydrogens (primary N) is 1.